The molecule has 0 spiro atoms. The normalized spacial score (nSPS) is 10.4. The topological polar surface area (TPSA) is 55.1 Å². The maximum Gasteiger partial charge on any atom is 0.224 e. The molecule has 0 atom stereocenters. The molecule has 0 aromatic heterocycles. The Kier molecular flexibility index (Phi) is 7.91. The third kappa shape index (κ3) is 6.97. The van der Waals surface area contributed by atoms with Crippen LogP contribution >= 0.6 is 0 Å². The van der Waals surface area contributed by atoms with Crippen molar-refractivity contribution in [1.82, 2.24) is 0 Å². The first kappa shape index (κ1) is 15.7. The largest absolute Gasteiger partial charge is 0.326 e. The molecular weight excluding hydrogens is 236 g/mol. The Labute approximate surface area is 116 Å². The van der Waals surface area contributed by atoms with Crippen molar-refractivity contribution in [1.29, 1.82) is 0 Å². The summed E-state index contributed by atoms with van der Waals surface area (Å²) in [6, 6.07) is 7.70. The van der Waals surface area contributed by atoms with Crippen LogP contribution in [0.25, 0.3) is 0 Å². The smallest absolute Gasteiger partial charge is 0.224 e. The Bertz CT molecular complexity index is 360. The van der Waals surface area contributed by atoms with E-state index in [1.807, 2.05) is 24.3 Å². The lowest BCUT2D eigenvalue weighted by molar-refractivity contribution is -0.116. The van der Waals surface area contributed by atoms with Gasteiger partial charge in [0.2, 0.25) is 5.91 Å². The average Bonchev–Trinajstić information content (AvgIpc) is 2.43. The van der Waals surface area contributed by atoms with Gasteiger partial charge in [0, 0.05) is 18.7 Å². The number of hydrogen-bond donors (Lipinski definition) is 2. The zero-order valence-corrected chi connectivity index (χ0v) is 12.0. The van der Waals surface area contributed by atoms with Crippen LogP contribution in [0.15, 0.2) is 24.3 Å². The number of nitrogens with one attached hydrogen (secondary N) is 1. The van der Waals surface area contributed by atoms with E-state index in [2.05, 4.69) is 12.2 Å². The molecule has 0 unspecified atom stereocenters. The predicted molar refractivity (Wildman–Crippen MR) is 81.0 cm³/mol. The van der Waals surface area contributed by atoms with Gasteiger partial charge in [-0.25, -0.2) is 0 Å². The minimum Gasteiger partial charge on any atom is -0.326 e. The second kappa shape index (κ2) is 9.56. The van der Waals surface area contributed by atoms with Crippen LogP contribution in [-0.4, -0.2) is 5.91 Å². The Morgan fingerprint density at radius 3 is 2.32 bits per heavy atom. The van der Waals surface area contributed by atoms with Crippen molar-refractivity contribution >= 4 is 11.6 Å². The quantitative estimate of drug-likeness (QED) is 0.664. The predicted octanol–water partition coefficient (Wildman–Crippen LogP) is 3.83. The number of carbonyl (C=O) groups is 1. The maximum absolute atomic E-state index is 11.7. The van der Waals surface area contributed by atoms with E-state index in [-0.39, 0.29) is 5.91 Å². The van der Waals surface area contributed by atoms with Gasteiger partial charge in [0.25, 0.3) is 0 Å². The van der Waals surface area contributed by atoms with E-state index >= 15 is 0 Å². The summed E-state index contributed by atoms with van der Waals surface area (Å²) in [4.78, 5) is 11.7. The van der Waals surface area contributed by atoms with Crippen LogP contribution in [0.2, 0.25) is 0 Å². The molecule has 1 aromatic rings. The molecule has 1 amide bonds. The third-order valence-electron chi connectivity index (χ3n) is 3.23. The maximum atomic E-state index is 11.7. The summed E-state index contributed by atoms with van der Waals surface area (Å²) in [6.07, 6.45) is 7.85. The van der Waals surface area contributed by atoms with Crippen molar-refractivity contribution < 1.29 is 4.79 Å². The Morgan fingerprint density at radius 1 is 1.05 bits per heavy atom. The first-order chi connectivity index (χ1) is 9.26. The SMILES string of the molecule is CCCCCCCCC(=O)Nc1ccc(CN)cc1. The van der Waals surface area contributed by atoms with Gasteiger partial charge in [-0.05, 0) is 24.1 Å². The molecule has 3 heteroatoms. The van der Waals surface area contributed by atoms with E-state index < -0.39 is 0 Å². The Morgan fingerprint density at radius 2 is 1.68 bits per heavy atom. The number of nitrogens with two attached hydrogens (primary N) is 1. The van der Waals surface area contributed by atoms with Gasteiger partial charge in [-0.3, -0.25) is 4.79 Å². The highest BCUT2D eigenvalue weighted by Crippen LogP contribution is 2.11. The van der Waals surface area contributed by atoms with Crippen molar-refractivity contribution in [2.45, 2.75) is 58.4 Å². The van der Waals surface area contributed by atoms with Gasteiger partial charge in [-0.15, -0.1) is 0 Å². The van der Waals surface area contributed by atoms with Crippen molar-refractivity contribution in [2.75, 3.05) is 5.32 Å². The molecule has 106 valence electrons. The summed E-state index contributed by atoms with van der Waals surface area (Å²) < 4.78 is 0. The van der Waals surface area contributed by atoms with Crippen LogP contribution in [0.1, 0.15) is 57.4 Å². The standard InChI is InChI=1S/C16H26N2O/c1-2-3-4-5-6-7-8-16(19)18-15-11-9-14(13-17)10-12-15/h9-12H,2-8,13,17H2,1H3,(H,18,19). The highest BCUT2D eigenvalue weighted by atomic mass is 16.1. The van der Waals surface area contributed by atoms with Gasteiger partial charge in [0.05, 0.1) is 0 Å². The number of amides is 1. The van der Waals surface area contributed by atoms with Gasteiger partial charge >= 0.3 is 0 Å². The fourth-order valence-corrected chi connectivity index (χ4v) is 2.01. The van der Waals surface area contributed by atoms with Crippen molar-refractivity contribution in [3.8, 4) is 0 Å². The summed E-state index contributed by atoms with van der Waals surface area (Å²) >= 11 is 0. The summed E-state index contributed by atoms with van der Waals surface area (Å²) in [7, 11) is 0. The molecule has 0 heterocycles. The number of unbranched alkanes of at least 4 members (excludes halogenated alkanes) is 5. The van der Waals surface area contributed by atoms with Crippen LogP contribution in [0.5, 0.6) is 0 Å². The molecule has 0 aliphatic heterocycles. The van der Waals surface area contributed by atoms with Gasteiger partial charge in [-0.2, -0.15) is 0 Å². The monoisotopic (exact) mass is 262 g/mol. The van der Waals surface area contributed by atoms with E-state index in [9.17, 15) is 4.79 Å². The van der Waals surface area contributed by atoms with E-state index in [0.29, 0.717) is 13.0 Å². The van der Waals surface area contributed by atoms with E-state index in [4.69, 9.17) is 5.73 Å². The average molecular weight is 262 g/mol. The molecule has 3 N–H and O–H groups in total. The van der Waals surface area contributed by atoms with Crippen molar-refractivity contribution in [3.63, 3.8) is 0 Å². The van der Waals surface area contributed by atoms with Crippen molar-refractivity contribution in [2.24, 2.45) is 5.73 Å². The van der Waals surface area contributed by atoms with E-state index in [1.165, 1.54) is 25.7 Å². The second-order valence-electron chi connectivity index (χ2n) is 4.97. The fraction of sp³-hybridized carbons (Fsp3) is 0.562. The van der Waals surface area contributed by atoms with Crippen LogP contribution < -0.4 is 11.1 Å². The molecule has 0 aliphatic carbocycles. The highest BCUT2D eigenvalue weighted by Gasteiger charge is 2.02. The fourth-order valence-electron chi connectivity index (χ4n) is 2.01. The third-order valence-corrected chi connectivity index (χ3v) is 3.23. The molecule has 0 saturated heterocycles. The number of benzene rings is 1. The summed E-state index contributed by atoms with van der Waals surface area (Å²) in [6.45, 7) is 2.75. The zero-order chi connectivity index (χ0) is 13.9. The molecule has 0 aliphatic rings. The molecule has 1 aromatic carbocycles. The van der Waals surface area contributed by atoms with Crippen molar-refractivity contribution in [3.05, 3.63) is 29.8 Å². The minimum atomic E-state index is 0.107. The summed E-state index contributed by atoms with van der Waals surface area (Å²) in [5.41, 5.74) is 7.46. The molecule has 1 rings (SSSR count). The van der Waals surface area contributed by atoms with Gasteiger partial charge in [0.1, 0.15) is 0 Å². The van der Waals surface area contributed by atoms with E-state index in [0.717, 1.165) is 24.1 Å². The van der Waals surface area contributed by atoms with Crippen LogP contribution in [-0.2, 0) is 11.3 Å². The van der Waals surface area contributed by atoms with Gasteiger partial charge < -0.3 is 11.1 Å². The lowest BCUT2D eigenvalue weighted by Gasteiger charge is -2.06. The molecule has 19 heavy (non-hydrogen) atoms. The molecule has 0 saturated carbocycles. The summed E-state index contributed by atoms with van der Waals surface area (Å²) in [5, 5.41) is 2.92. The summed E-state index contributed by atoms with van der Waals surface area (Å²) in [5.74, 6) is 0.107. The van der Waals surface area contributed by atoms with Gasteiger partial charge in [0.15, 0.2) is 0 Å². The molecule has 0 fully saturated rings. The number of carbonyl (C=O) groups excluding carboxylic acids is 1. The number of rotatable bonds is 9. The van der Waals surface area contributed by atoms with E-state index in [1.54, 1.807) is 0 Å². The lowest BCUT2D eigenvalue weighted by atomic mass is 10.1. The molecule has 3 nitrogen and oxygen atoms in total. The number of hydrogen-bond acceptors (Lipinski definition) is 2. The highest BCUT2D eigenvalue weighted by molar-refractivity contribution is 5.90. The molecule has 0 bridgehead atoms. The first-order valence-electron chi connectivity index (χ1n) is 7.35. The van der Waals surface area contributed by atoms with Crippen LogP contribution in [0.3, 0.4) is 0 Å². The van der Waals surface area contributed by atoms with Crippen LogP contribution in [0.4, 0.5) is 5.69 Å². The minimum absolute atomic E-state index is 0.107. The zero-order valence-electron chi connectivity index (χ0n) is 12.0. The Balaban J connectivity index is 2.16. The lowest BCUT2D eigenvalue weighted by Crippen LogP contribution is -2.11. The van der Waals surface area contributed by atoms with Crippen LogP contribution in [0, 0.1) is 0 Å². The second-order valence-corrected chi connectivity index (χ2v) is 4.97. The molecule has 0 radical (unpaired) electrons. The number of anilines is 1. The first-order valence-corrected chi connectivity index (χ1v) is 7.35. The molecular formula is C16H26N2O. The Hall–Kier alpha value is -1.35. The van der Waals surface area contributed by atoms with Gasteiger partial charge in [-0.1, -0.05) is 51.2 Å².